The topological polar surface area (TPSA) is 87.7 Å². The molecule has 0 saturated heterocycles. The predicted molar refractivity (Wildman–Crippen MR) is 78.1 cm³/mol. The Kier molecular flexibility index (Phi) is 4.80. The minimum atomic E-state index is -0.865. The molecular formula is C15H20N2O4. The summed E-state index contributed by atoms with van der Waals surface area (Å²) in [5.41, 5.74) is -0.355. The molecule has 0 aromatic heterocycles. The molecule has 6 heteroatoms. The Morgan fingerprint density at radius 3 is 2.38 bits per heavy atom. The Labute approximate surface area is 123 Å². The normalized spacial score (nSPS) is 16.3. The molecule has 1 aliphatic carbocycles. The predicted octanol–water partition coefficient (Wildman–Crippen LogP) is 1.05. The van der Waals surface area contributed by atoms with E-state index in [1.165, 1.54) is 0 Å². The molecule has 2 rings (SSSR count). The fourth-order valence-corrected chi connectivity index (χ4v) is 2.40. The van der Waals surface area contributed by atoms with Crippen molar-refractivity contribution in [1.29, 1.82) is 0 Å². The maximum atomic E-state index is 11.7. The first-order valence-electron chi connectivity index (χ1n) is 6.98. The second kappa shape index (κ2) is 6.58. The Bertz CT molecular complexity index is 507. The van der Waals surface area contributed by atoms with Gasteiger partial charge in [-0.15, -0.1) is 0 Å². The minimum absolute atomic E-state index is 0.113. The highest BCUT2D eigenvalue weighted by atomic mass is 16.5. The first-order chi connectivity index (χ1) is 10.0. The third-order valence-corrected chi connectivity index (χ3v) is 3.67. The monoisotopic (exact) mass is 292 g/mol. The van der Waals surface area contributed by atoms with E-state index in [0.29, 0.717) is 24.3 Å². The number of amides is 2. The van der Waals surface area contributed by atoms with Gasteiger partial charge in [-0.3, -0.25) is 9.59 Å². The second-order valence-electron chi connectivity index (χ2n) is 5.30. The lowest BCUT2D eigenvalue weighted by molar-refractivity contribution is -0.136. The van der Waals surface area contributed by atoms with E-state index in [2.05, 4.69) is 10.6 Å². The van der Waals surface area contributed by atoms with E-state index < -0.39 is 17.4 Å². The van der Waals surface area contributed by atoms with Crippen molar-refractivity contribution in [3.8, 4) is 5.75 Å². The van der Waals surface area contributed by atoms with Crippen LogP contribution in [0.4, 0.5) is 5.69 Å². The lowest BCUT2D eigenvalue weighted by atomic mass is 10.0. The molecule has 1 aromatic rings. The van der Waals surface area contributed by atoms with E-state index in [-0.39, 0.29) is 6.54 Å². The minimum Gasteiger partial charge on any atom is -0.497 e. The van der Waals surface area contributed by atoms with Crippen molar-refractivity contribution in [3.63, 3.8) is 0 Å². The maximum Gasteiger partial charge on any atom is 0.313 e. The average Bonchev–Trinajstić information content (AvgIpc) is 2.93. The van der Waals surface area contributed by atoms with Crippen molar-refractivity contribution in [2.24, 2.45) is 0 Å². The molecule has 0 aliphatic heterocycles. The Morgan fingerprint density at radius 1 is 1.19 bits per heavy atom. The third-order valence-electron chi connectivity index (χ3n) is 3.67. The molecule has 3 N–H and O–H groups in total. The highest BCUT2D eigenvalue weighted by Crippen LogP contribution is 2.28. The number of methoxy groups -OCH3 is 1. The number of anilines is 1. The van der Waals surface area contributed by atoms with Crippen LogP contribution < -0.4 is 15.4 Å². The number of ether oxygens (including phenoxy) is 1. The molecule has 114 valence electrons. The summed E-state index contributed by atoms with van der Waals surface area (Å²) in [4.78, 5) is 23.5. The van der Waals surface area contributed by atoms with Gasteiger partial charge in [-0.1, -0.05) is 12.8 Å². The van der Waals surface area contributed by atoms with Crippen LogP contribution in [0, 0.1) is 0 Å². The van der Waals surface area contributed by atoms with Crippen molar-refractivity contribution in [2.75, 3.05) is 19.0 Å². The molecule has 6 nitrogen and oxygen atoms in total. The molecule has 0 spiro atoms. The lowest BCUT2D eigenvalue weighted by Crippen LogP contribution is -2.44. The zero-order valence-electron chi connectivity index (χ0n) is 12.0. The van der Waals surface area contributed by atoms with Gasteiger partial charge in [-0.25, -0.2) is 0 Å². The van der Waals surface area contributed by atoms with E-state index in [4.69, 9.17) is 4.74 Å². The molecule has 2 amide bonds. The van der Waals surface area contributed by atoms with Gasteiger partial charge in [-0.05, 0) is 37.1 Å². The molecule has 1 aliphatic rings. The Hall–Kier alpha value is -2.08. The van der Waals surface area contributed by atoms with Crippen LogP contribution in [-0.2, 0) is 9.59 Å². The van der Waals surface area contributed by atoms with Gasteiger partial charge in [0.15, 0.2) is 0 Å². The van der Waals surface area contributed by atoms with Crippen molar-refractivity contribution < 1.29 is 19.4 Å². The zero-order valence-corrected chi connectivity index (χ0v) is 12.0. The van der Waals surface area contributed by atoms with Crippen molar-refractivity contribution in [1.82, 2.24) is 5.32 Å². The number of rotatable bonds is 4. The summed E-state index contributed by atoms with van der Waals surface area (Å²) in [5.74, 6) is -0.825. The molecule has 0 bridgehead atoms. The van der Waals surface area contributed by atoms with Crippen LogP contribution in [0.1, 0.15) is 25.7 Å². The Balaban J connectivity index is 1.82. The lowest BCUT2D eigenvalue weighted by Gasteiger charge is -2.22. The van der Waals surface area contributed by atoms with Gasteiger partial charge >= 0.3 is 11.8 Å². The van der Waals surface area contributed by atoms with E-state index in [1.807, 2.05) is 0 Å². The van der Waals surface area contributed by atoms with Crippen LogP contribution in [0.3, 0.4) is 0 Å². The fraction of sp³-hybridized carbons (Fsp3) is 0.467. The van der Waals surface area contributed by atoms with Crippen LogP contribution >= 0.6 is 0 Å². The van der Waals surface area contributed by atoms with Crippen molar-refractivity contribution in [2.45, 2.75) is 31.3 Å². The van der Waals surface area contributed by atoms with Crippen molar-refractivity contribution >= 4 is 17.5 Å². The number of hydrogen-bond acceptors (Lipinski definition) is 4. The number of nitrogens with one attached hydrogen (secondary N) is 2. The summed E-state index contributed by atoms with van der Waals surface area (Å²) in [6.45, 7) is 0.113. The Morgan fingerprint density at radius 2 is 1.81 bits per heavy atom. The summed E-state index contributed by atoms with van der Waals surface area (Å²) in [7, 11) is 1.55. The van der Waals surface area contributed by atoms with Crippen LogP contribution in [0.25, 0.3) is 0 Å². The molecule has 0 heterocycles. The smallest absolute Gasteiger partial charge is 0.313 e. The average molecular weight is 292 g/mol. The van der Waals surface area contributed by atoms with Crippen LogP contribution in [0.2, 0.25) is 0 Å². The van der Waals surface area contributed by atoms with E-state index in [1.54, 1.807) is 31.4 Å². The highest BCUT2D eigenvalue weighted by Gasteiger charge is 2.31. The molecule has 0 atom stereocenters. The molecule has 0 unspecified atom stereocenters. The molecule has 1 saturated carbocycles. The fourth-order valence-electron chi connectivity index (χ4n) is 2.40. The first-order valence-corrected chi connectivity index (χ1v) is 6.98. The number of benzene rings is 1. The summed E-state index contributed by atoms with van der Waals surface area (Å²) >= 11 is 0. The second-order valence-corrected chi connectivity index (χ2v) is 5.30. The molecule has 1 aromatic carbocycles. The summed E-state index contributed by atoms with van der Waals surface area (Å²) in [6, 6.07) is 6.67. The zero-order chi connectivity index (χ0) is 15.3. The molecule has 0 radical (unpaired) electrons. The maximum absolute atomic E-state index is 11.7. The van der Waals surface area contributed by atoms with Crippen molar-refractivity contribution in [3.05, 3.63) is 24.3 Å². The van der Waals surface area contributed by atoms with Crippen LogP contribution in [0.5, 0.6) is 5.75 Å². The van der Waals surface area contributed by atoms with Gasteiger partial charge < -0.3 is 20.5 Å². The van der Waals surface area contributed by atoms with Crippen LogP contribution in [-0.4, -0.2) is 36.2 Å². The van der Waals surface area contributed by atoms with E-state index in [9.17, 15) is 14.7 Å². The SMILES string of the molecule is COc1ccc(NC(=O)C(=O)NCC2(O)CCCC2)cc1. The summed E-state index contributed by atoms with van der Waals surface area (Å²) in [6.07, 6.45) is 3.22. The first kappa shape index (κ1) is 15.3. The summed E-state index contributed by atoms with van der Waals surface area (Å²) in [5, 5.41) is 15.1. The largest absolute Gasteiger partial charge is 0.497 e. The molecular weight excluding hydrogens is 272 g/mol. The summed E-state index contributed by atoms with van der Waals surface area (Å²) < 4.78 is 5.01. The van der Waals surface area contributed by atoms with Gasteiger partial charge in [0, 0.05) is 12.2 Å². The van der Waals surface area contributed by atoms with Gasteiger partial charge in [0.2, 0.25) is 0 Å². The van der Waals surface area contributed by atoms with Gasteiger partial charge in [0.05, 0.1) is 12.7 Å². The van der Waals surface area contributed by atoms with Gasteiger partial charge in [0.1, 0.15) is 5.75 Å². The van der Waals surface area contributed by atoms with Gasteiger partial charge in [0.25, 0.3) is 0 Å². The van der Waals surface area contributed by atoms with Gasteiger partial charge in [-0.2, -0.15) is 0 Å². The number of aliphatic hydroxyl groups is 1. The number of carbonyl (C=O) groups is 2. The number of hydrogen-bond donors (Lipinski definition) is 3. The van der Waals surface area contributed by atoms with E-state index in [0.717, 1.165) is 12.8 Å². The highest BCUT2D eigenvalue weighted by molar-refractivity contribution is 6.39. The molecule has 21 heavy (non-hydrogen) atoms. The number of carbonyl (C=O) groups excluding carboxylic acids is 2. The van der Waals surface area contributed by atoms with Crippen LogP contribution in [0.15, 0.2) is 24.3 Å². The van der Waals surface area contributed by atoms with E-state index >= 15 is 0 Å². The third kappa shape index (κ3) is 4.19. The molecule has 1 fully saturated rings. The quantitative estimate of drug-likeness (QED) is 0.724. The standard InChI is InChI=1S/C15H20N2O4/c1-21-12-6-4-11(5-7-12)17-14(19)13(18)16-10-15(20)8-2-3-9-15/h4-7,20H,2-3,8-10H2,1H3,(H,16,18)(H,17,19).